The lowest BCUT2D eigenvalue weighted by Gasteiger charge is -2.36. The van der Waals surface area contributed by atoms with Crippen LogP contribution in [0.5, 0.6) is 0 Å². The van der Waals surface area contributed by atoms with Crippen LogP contribution in [0.4, 0.5) is 0 Å². The van der Waals surface area contributed by atoms with Gasteiger partial charge in [0.1, 0.15) is 0 Å². The summed E-state index contributed by atoms with van der Waals surface area (Å²) in [6.07, 6.45) is 8.27. The highest BCUT2D eigenvalue weighted by Crippen LogP contribution is 2.25. The first-order valence-corrected chi connectivity index (χ1v) is 11.1. The molecule has 0 aliphatic carbocycles. The Morgan fingerprint density at radius 2 is 0.885 bits per heavy atom. The summed E-state index contributed by atoms with van der Waals surface area (Å²) >= 11 is 0. The first kappa shape index (κ1) is 20.6. The van der Waals surface area contributed by atoms with Gasteiger partial charge in [-0.15, -0.1) is 0 Å². The molecule has 0 saturated carbocycles. The molecular weight excluding hydrogens is 320 g/mol. The third-order valence-electron chi connectivity index (χ3n) is 6.94. The number of likely N-dealkylation sites (tertiary alicyclic amines) is 2. The van der Waals surface area contributed by atoms with Crippen molar-refractivity contribution < 1.29 is 0 Å². The van der Waals surface area contributed by atoms with Crippen LogP contribution in [-0.2, 0) is 0 Å². The largest absolute Gasteiger partial charge is 0.310 e. The van der Waals surface area contributed by atoms with Crippen LogP contribution in [0.15, 0.2) is 0 Å². The van der Waals surface area contributed by atoms with Gasteiger partial charge in [-0.25, -0.2) is 0 Å². The Bertz CT molecular complexity index is 408. The predicted molar refractivity (Wildman–Crippen MR) is 112 cm³/mol. The zero-order valence-corrected chi connectivity index (χ0v) is 18.3. The summed E-state index contributed by atoms with van der Waals surface area (Å²) in [6.45, 7) is 19.0. The van der Waals surface area contributed by atoms with Crippen molar-refractivity contribution in [2.24, 2.45) is 0 Å². The number of nitrogens with one attached hydrogen (secondary N) is 2. The SMILES string of the molecule is CC(C)(C)N1CC[C@@H]2CC[C@H](C1)N2.CC(C)(C)N1CC[C@H]2CC[C@@H](C1)N2. The number of hydrogen-bond donors (Lipinski definition) is 2. The van der Waals surface area contributed by atoms with Gasteiger partial charge < -0.3 is 10.6 Å². The molecule has 0 aromatic heterocycles. The van der Waals surface area contributed by atoms with E-state index in [2.05, 4.69) is 62.0 Å². The lowest BCUT2D eigenvalue weighted by Crippen LogP contribution is -2.46. The molecule has 0 aromatic carbocycles. The van der Waals surface area contributed by atoms with E-state index < -0.39 is 0 Å². The Morgan fingerprint density at radius 3 is 1.23 bits per heavy atom. The summed E-state index contributed by atoms with van der Waals surface area (Å²) in [5, 5.41) is 7.43. The fraction of sp³-hybridized carbons (Fsp3) is 1.00. The quantitative estimate of drug-likeness (QED) is 0.691. The topological polar surface area (TPSA) is 30.5 Å². The molecule has 0 amide bonds. The summed E-state index contributed by atoms with van der Waals surface area (Å²) in [4.78, 5) is 5.26. The lowest BCUT2D eigenvalue weighted by molar-refractivity contribution is 0.129. The van der Waals surface area contributed by atoms with Crippen molar-refractivity contribution in [1.29, 1.82) is 0 Å². The normalized spacial score (nSPS) is 36.2. The lowest BCUT2D eigenvalue weighted by atomic mass is 10.0. The molecule has 0 spiro atoms. The summed E-state index contributed by atoms with van der Waals surface area (Å²) < 4.78 is 0. The number of fused-ring (bicyclic) bond motifs is 4. The Labute approximate surface area is 162 Å². The second-order valence-corrected chi connectivity index (χ2v) is 11.1. The molecule has 4 bridgehead atoms. The van der Waals surface area contributed by atoms with Gasteiger partial charge in [-0.3, -0.25) is 9.80 Å². The van der Waals surface area contributed by atoms with Gasteiger partial charge in [0.2, 0.25) is 0 Å². The predicted octanol–water partition coefficient (Wildman–Crippen LogP) is 3.22. The van der Waals surface area contributed by atoms with Gasteiger partial charge in [0.05, 0.1) is 0 Å². The summed E-state index contributed by atoms with van der Waals surface area (Å²) in [5.74, 6) is 0. The van der Waals surface area contributed by atoms with Gasteiger partial charge in [0.15, 0.2) is 0 Å². The minimum atomic E-state index is 0.353. The fourth-order valence-corrected chi connectivity index (χ4v) is 5.10. The fourth-order valence-electron chi connectivity index (χ4n) is 5.10. The molecule has 0 unspecified atom stereocenters. The van der Waals surface area contributed by atoms with Crippen LogP contribution < -0.4 is 10.6 Å². The highest BCUT2D eigenvalue weighted by atomic mass is 15.2. The van der Waals surface area contributed by atoms with E-state index in [9.17, 15) is 0 Å². The Morgan fingerprint density at radius 1 is 0.538 bits per heavy atom. The molecule has 4 heteroatoms. The van der Waals surface area contributed by atoms with Crippen molar-refractivity contribution in [3.63, 3.8) is 0 Å². The first-order chi connectivity index (χ1) is 12.1. The van der Waals surface area contributed by atoms with Gasteiger partial charge >= 0.3 is 0 Å². The smallest absolute Gasteiger partial charge is 0.0198 e. The molecule has 4 saturated heterocycles. The Hall–Kier alpha value is -0.160. The summed E-state index contributed by atoms with van der Waals surface area (Å²) in [7, 11) is 0. The van der Waals surface area contributed by atoms with E-state index >= 15 is 0 Å². The second-order valence-electron chi connectivity index (χ2n) is 11.1. The van der Waals surface area contributed by atoms with E-state index in [1.165, 1.54) is 64.7 Å². The molecule has 4 heterocycles. The maximum Gasteiger partial charge on any atom is 0.0198 e. The van der Waals surface area contributed by atoms with E-state index in [0.717, 1.165) is 24.2 Å². The Kier molecular flexibility index (Phi) is 6.38. The molecule has 4 aliphatic rings. The standard InChI is InChI=1S/2C11H22N2/c2*1-11(2,3)13-7-6-9-4-5-10(8-13)12-9/h2*9-10,12H,4-8H2,1-3H3/t2*9-,10+/m10/s1. The monoisotopic (exact) mass is 364 g/mol. The molecular formula is C22H44N4. The van der Waals surface area contributed by atoms with Crippen molar-refractivity contribution in [2.45, 2.75) is 115 Å². The molecule has 4 rings (SSSR count). The van der Waals surface area contributed by atoms with Crippen LogP contribution >= 0.6 is 0 Å². The molecule has 0 aromatic rings. The van der Waals surface area contributed by atoms with Crippen LogP contribution in [0, 0.1) is 0 Å². The second kappa shape index (κ2) is 8.06. The van der Waals surface area contributed by atoms with Gasteiger partial charge in [0.25, 0.3) is 0 Å². The van der Waals surface area contributed by atoms with E-state index in [1.807, 2.05) is 0 Å². The van der Waals surface area contributed by atoms with Gasteiger partial charge in [-0.2, -0.15) is 0 Å². The van der Waals surface area contributed by atoms with E-state index in [-0.39, 0.29) is 0 Å². The first-order valence-electron chi connectivity index (χ1n) is 11.1. The van der Waals surface area contributed by atoms with E-state index in [4.69, 9.17) is 0 Å². The minimum Gasteiger partial charge on any atom is -0.310 e. The Balaban J connectivity index is 0.000000151. The van der Waals surface area contributed by atoms with Crippen LogP contribution in [0.25, 0.3) is 0 Å². The van der Waals surface area contributed by atoms with Crippen molar-refractivity contribution >= 4 is 0 Å². The van der Waals surface area contributed by atoms with Crippen LogP contribution in [0.1, 0.15) is 80.1 Å². The number of hydrogen-bond acceptors (Lipinski definition) is 4. The zero-order valence-electron chi connectivity index (χ0n) is 18.3. The number of nitrogens with zero attached hydrogens (tertiary/aromatic N) is 2. The van der Waals surface area contributed by atoms with Gasteiger partial charge in [-0.05, 0) is 80.1 Å². The average Bonchev–Trinajstić information content (AvgIpc) is 2.98. The van der Waals surface area contributed by atoms with Crippen LogP contribution in [0.2, 0.25) is 0 Å². The highest BCUT2D eigenvalue weighted by molar-refractivity contribution is 4.93. The highest BCUT2D eigenvalue weighted by Gasteiger charge is 2.34. The van der Waals surface area contributed by atoms with E-state index in [0.29, 0.717) is 11.1 Å². The van der Waals surface area contributed by atoms with Crippen molar-refractivity contribution in [3.8, 4) is 0 Å². The van der Waals surface area contributed by atoms with Gasteiger partial charge in [0, 0.05) is 61.4 Å². The maximum atomic E-state index is 3.71. The van der Waals surface area contributed by atoms with Crippen molar-refractivity contribution in [1.82, 2.24) is 20.4 Å². The summed E-state index contributed by atoms with van der Waals surface area (Å²) in [5.41, 5.74) is 0.707. The van der Waals surface area contributed by atoms with Crippen LogP contribution in [0.3, 0.4) is 0 Å². The molecule has 2 N–H and O–H groups in total. The summed E-state index contributed by atoms with van der Waals surface area (Å²) in [6, 6.07) is 3.17. The number of rotatable bonds is 0. The third-order valence-corrected chi connectivity index (χ3v) is 6.94. The molecule has 0 radical (unpaired) electrons. The molecule has 152 valence electrons. The minimum absolute atomic E-state index is 0.353. The van der Waals surface area contributed by atoms with Crippen molar-refractivity contribution in [3.05, 3.63) is 0 Å². The average molecular weight is 365 g/mol. The molecule has 4 fully saturated rings. The van der Waals surface area contributed by atoms with Crippen molar-refractivity contribution in [2.75, 3.05) is 26.2 Å². The van der Waals surface area contributed by atoms with Gasteiger partial charge in [-0.1, -0.05) is 0 Å². The maximum absolute atomic E-state index is 3.71. The van der Waals surface area contributed by atoms with Crippen LogP contribution in [-0.4, -0.2) is 71.2 Å². The molecule has 26 heavy (non-hydrogen) atoms. The molecule has 4 aliphatic heterocycles. The third kappa shape index (κ3) is 5.43. The molecule has 4 nitrogen and oxygen atoms in total. The van der Waals surface area contributed by atoms with E-state index in [1.54, 1.807) is 0 Å². The molecule has 4 atom stereocenters. The zero-order chi connectivity index (χ0) is 18.9.